The average molecular weight is 227 g/mol. The summed E-state index contributed by atoms with van der Waals surface area (Å²) in [6, 6.07) is 7.83. The molecule has 0 heterocycles. The van der Waals surface area contributed by atoms with Crippen LogP contribution in [0.2, 0.25) is 0 Å². The highest BCUT2D eigenvalue weighted by Gasteiger charge is 1.95. The largest absolute Gasteiger partial charge is 0.750 e. The lowest BCUT2D eigenvalue weighted by Crippen LogP contribution is -1.96. The third-order valence-corrected chi connectivity index (χ3v) is 2.47. The second kappa shape index (κ2) is 6.71. The van der Waals surface area contributed by atoms with Crippen molar-refractivity contribution in [1.82, 2.24) is 0 Å². The maximum atomic E-state index is 10.2. The van der Waals surface area contributed by atoms with Gasteiger partial charge in [0.1, 0.15) is 0 Å². The predicted molar refractivity (Wildman–Crippen MR) is 58.8 cm³/mol. The van der Waals surface area contributed by atoms with E-state index in [1.807, 2.05) is 24.3 Å². The summed E-state index contributed by atoms with van der Waals surface area (Å²) >= 11 is -2.43. The molecule has 4 heteroatoms. The van der Waals surface area contributed by atoms with Crippen molar-refractivity contribution in [2.45, 2.75) is 32.8 Å². The molecular weight excluding hydrogens is 212 g/mol. The minimum atomic E-state index is -2.43. The molecule has 0 bridgehead atoms. The van der Waals surface area contributed by atoms with Crippen LogP contribution >= 0.6 is 0 Å². The standard InChI is InChI=1S/C11H16O3S/c1-2-3-4-10-5-7-11(8-6-10)9-14-15(12)13/h5-8H,2-4,9H2,1H3,(H,12,13)/p-1. The molecule has 0 fully saturated rings. The van der Waals surface area contributed by atoms with Crippen LogP contribution in [0.3, 0.4) is 0 Å². The lowest BCUT2D eigenvalue weighted by atomic mass is 10.1. The number of rotatable bonds is 6. The fourth-order valence-corrected chi connectivity index (χ4v) is 1.53. The molecule has 0 aliphatic rings. The van der Waals surface area contributed by atoms with Gasteiger partial charge in [-0.15, -0.1) is 0 Å². The van der Waals surface area contributed by atoms with Gasteiger partial charge >= 0.3 is 0 Å². The second-order valence-electron chi connectivity index (χ2n) is 3.39. The molecule has 0 amide bonds. The first kappa shape index (κ1) is 12.4. The molecule has 1 aromatic carbocycles. The van der Waals surface area contributed by atoms with Gasteiger partial charge in [-0.2, -0.15) is 0 Å². The topological polar surface area (TPSA) is 49.4 Å². The first-order chi connectivity index (χ1) is 7.22. The number of unbranched alkanes of at least 4 members (excludes halogenated alkanes) is 1. The van der Waals surface area contributed by atoms with Crippen molar-refractivity contribution in [3.8, 4) is 0 Å². The predicted octanol–water partition coefficient (Wildman–Crippen LogP) is 2.34. The molecule has 0 aliphatic carbocycles. The highest BCUT2D eigenvalue weighted by Crippen LogP contribution is 2.09. The number of hydrogen-bond acceptors (Lipinski definition) is 3. The summed E-state index contributed by atoms with van der Waals surface area (Å²) in [5.41, 5.74) is 2.16. The second-order valence-corrected chi connectivity index (χ2v) is 4.03. The summed E-state index contributed by atoms with van der Waals surface area (Å²) < 4.78 is 24.8. The first-order valence-corrected chi connectivity index (χ1v) is 6.02. The Labute approximate surface area is 93.0 Å². The Hall–Kier alpha value is -0.710. The zero-order valence-corrected chi connectivity index (χ0v) is 9.59. The fourth-order valence-electron chi connectivity index (χ4n) is 1.30. The molecule has 1 atom stereocenters. The lowest BCUT2D eigenvalue weighted by Gasteiger charge is -2.06. The van der Waals surface area contributed by atoms with Gasteiger partial charge in [0.25, 0.3) is 0 Å². The molecule has 0 radical (unpaired) electrons. The van der Waals surface area contributed by atoms with E-state index in [1.54, 1.807) is 0 Å². The molecule has 0 saturated carbocycles. The van der Waals surface area contributed by atoms with Gasteiger partial charge in [-0.1, -0.05) is 37.6 Å². The van der Waals surface area contributed by atoms with E-state index < -0.39 is 11.4 Å². The van der Waals surface area contributed by atoms with Crippen LogP contribution < -0.4 is 0 Å². The molecule has 1 rings (SSSR count). The van der Waals surface area contributed by atoms with Gasteiger partial charge in [0.2, 0.25) is 0 Å². The first-order valence-electron chi connectivity index (χ1n) is 5.02. The van der Waals surface area contributed by atoms with Crippen molar-refractivity contribution in [1.29, 1.82) is 0 Å². The third-order valence-electron chi connectivity index (χ3n) is 2.16. The quantitative estimate of drug-likeness (QED) is 0.701. The van der Waals surface area contributed by atoms with Crippen LogP contribution in [0.5, 0.6) is 0 Å². The van der Waals surface area contributed by atoms with Crippen LogP contribution in [-0.2, 0) is 28.6 Å². The number of benzene rings is 1. The molecular formula is C11H15O3S-. The molecule has 1 unspecified atom stereocenters. The van der Waals surface area contributed by atoms with Gasteiger partial charge < -0.3 is 4.55 Å². The van der Waals surface area contributed by atoms with Gasteiger partial charge in [-0.05, 0) is 24.0 Å². The number of aryl methyl sites for hydroxylation is 1. The number of hydrogen-bond donors (Lipinski definition) is 0. The Bertz CT molecular complexity index is 308. The van der Waals surface area contributed by atoms with E-state index >= 15 is 0 Å². The monoisotopic (exact) mass is 227 g/mol. The van der Waals surface area contributed by atoms with Crippen LogP contribution in [-0.4, -0.2) is 8.76 Å². The van der Waals surface area contributed by atoms with Gasteiger partial charge in [0, 0.05) is 0 Å². The van der Waals surface area contributed by atoms with Crippen molar-refractivity contribution in [3.05, 3.63) is 35.4 Å². The van der Waals surface area contributed by atoms with Crippen molar-refractivity contribution < 1.29 is 12.9 Å². The molecule has 84 valence electrons. The molecule has 1 aromatic rings. The summed E-state index contributed by atoms with van der Waals surface area (Å²) in [5.74, 6) is 0. The zero-order chi connectivity index (χ0) is 11.1. The Morgan fingerprint density at radius 3 is 2.40 bits per heavy atom. The van der Waals surface area contributed by atoms with Gasteiger partial charge in [0.15, 0.2) is 0 Å². The van der Waals surface area contributed by atoms with Gasteiger partial charge in [-0.25, -0.2) is 4.21 Å². The SMILES string of the molecule is CCCCc1ccc(COS(=O)[O-])cc1. The van der Waals surface area contributed by atoms with E-state index in [-0.39, 0.29) is 6.61 Å². The highest BCUT2D eigenvalue weighted by atomic mass is 32.2. The minimum Gasteiger partial charge on any atom is -0.750 e. The fraction of sp³-hybridized carbons (Fsp3) is 0.455. The normalized spacial score (nSPS) is 12.7. The van der Waals surface area contributed by atoms with E-state index in [2.05, 4.69) is 11.1 Å². The maximum absolute atomic E-state index is 10.2. The van der Waals surface area contributed by atoms with E-state index in [0.29, 0.717) is 0 Å². The summed E-state index contributed by atoms with van der Waals surface area (Å²) in [5, 5.41) is 0. The molecule has 0 saturated heterocycles. The zero-order valence-electron chi connectivity index (χ0n) is 8.77. The minimum absolute atomic E-state index is 0.115. The smallest absolute Gasteiger partial charge is 0.0879 e. The third kappa shape index (κ3) is 5.06. The molecule has 0 aromatic heterocycles. The Morgan fingerprint density at radius 1 is 1.27 bits per heavy atom. The summed E-state index contributed by atoms with van der Waals surface area (Å²) in [4.78, 5) is 0. The van der Waals surface area contributed by atoms with E-state index in [9.17, 15) is 8.76 Å². The van der Waals surface area contributed by atoms with E-state index in [4.69, 9.17) is 0 Å². The Morgan fingerprint density at radius 2 is 1.87 bits per heavy atom. The van der Waals surface area contributed by atoms with Crippen LogP contribution in [0.15, 0.2) is 24.3 Å². The molecule has 0 aliphatic heterocycles. The van der Waals surface area contributed by atoms with Crippen molar-refractivity contribution in [2.24, 2.45) is 0 Å². The Balaban J connectivity index is 2.45. The van der Waals surface area contributed by atoms with Crippen LogP contribution in [0.25, 0.3) is 0 Å². The van der Waals surface area contributed by atoms with E-state index in [0.717, 1.165) is 12.0 Å². The molecule has 0 N–H and O–H groups in total. The van der Waals surface area contributed by atoms with Crippen LogP contribution in [0, 0.1) is 0 Å². The highest BCUT2D eigenvalue weighted by molar-refractivity contribution is 7.74. The van der Waals surface area contributed by atoms with Crippen LogP contribution in [0.4, 0.5) is 0 Å². The van der Waals surface area contributed by atoms with Crippen molar-refractivity contribution in [2.75, 3.05) is 0 Å². The molecule has 15 heavy (non-hydrogen) atoms. The Kier molecular flexibility index (Phi) is 5.53. The van der Waals surface area contributed by atoms with E-state index in [1.165, 1.54) is 18.4 Å². The maximum Gasteiger partial charge on any atom is 0.0879 e. The molecule has 0 spiro atoms. The average Bonchev–Trinajstić information content (AvgIpc) is 2.25. The van der Waals surface area contributed by atoms with Gasteiger partial charge in [0.05, 0.1) is 18.0 Å². The van der Waals surface area contributed by atoms with Gasteiger partial charge in [-0.3, -0.25) is 4.18 Å². The summed E-state index contributed by atoms with van der Waals surface area (Å²) in [6.07, 6.45) is 3.44. The molecule has 3 nitrogen and oxygen atoms in total. The summed E-state index contributed by atoms with van der Waals surface area (Å²) in [7, 11) is 0. The summed E-state index contributed by atoms with van der Waals surface area (Å²) in [6.45, 7) is 2.27. The lowest BCUT2D eigenvalue weighted by molar-refractivity contribution is 0.291. The van der Waals surface area contributed by atoms with Crippen molar-refractivity contribution in [3.63, 3.8) is 0 Å². The van der Waals surface area contributed by atoms with Crippen LogP contribution in [0.1, 0.15) is 30.9 Å². The van der Waals surface area contributed by atoms with Crippen molar-refractivity contribution >= 4 is 11.4 Å².